The molecule has 2 aromatic rings. The second-order valence-electron chi connectivity index (χ2n) is 22.1. The molecule has 75 heavy (non-hydrogen) atoms. The molecule has 2 aromatic carbocycles. The van der Waals surface area contributed by atoms with Crippen molar-refractivity contribution in [2.75, 3.05) is 68.2 Å². The Balaban J connectivity index is 0.000000167. The summed E-state index contributed by atoms with van der Waals surface area (Å²) in [4.78, 5) is 52.4. The lowest BCUT2D eigenvalue weighted by Gasteiger charge is -2.40. The molecule has 0 amide bonds. The largest absolute Gasteiger partial charge is 0.499 e. The number of carboxylic acids is 1. The summed E-state index contributed by atoms with van der Waals surface area (Å²) in [6, 6.07) is 8.16. The third-order valence-electron chi connectivity index (χ3n) is 15.7. The van der Waals surface area contributed by atoms with Gasteiger partial charge in [0.1, 0.15) is 17.6 Å². The summed E-state index contributed by atoms with van der Waals surface area (Å²) in [5, 5.41) is 60.6. The van der Waals surface area contributed by atoms with Crippen LogP contribution in [0.3, 0.4) is 0 Å². The van der Waals surface area contributed by atoms with E-state index in [1.165, 1.54) is 53.0 Å². The number of benzene rings is 2. The number of hydrogen-bond acceptors (Lipinski definition) is 20. The van der Waals surface area contributed by atoms with Gasteiger partial charge >= 0.3 is 23.9 Å². The van der Waals surface area contributed by atoms with Gasteiger partial charge in [0, 0.05) is 31.8 Å². The monoisotopic (exact) mass is 1050 g/mol. The number of fused-ring (bicyclic) bond motifs is 6. The Labute approximate surface area is 435 Å². The van der Waals surface area contributed by atoms with Gasteiger partial charge in [-0.05, 0) is 138 Å². The summed E-state index contributed by atoms with van der Waals surface area (Å²) in [7, 11) is 5.45. The first-order valence-electron chi connectivity index (χ1n) is 25.4. The molecule has 2 aliphatic carbocycles. The second-order valence-corrected chi connectivity index (χ2v) is 22.1. The lowest BCUT2D eigenvalue weighted by Crippen LogP contribution is -2.51. The molecule has 2 saturated heterocycles. The molecule has 10 rings (SSSR count). The minimum Gasteiger partial charge on any atom is -0.499 e. The maximum atomic E-state index is 13.6. The first-order chi connectivity index (χ1) is 35.3. The summed E-state index contributed by atoms with van der Waals surface area (Å²) in [6.07, 6.45) is 6.40. The Morgan fingerprint density at radius 3 is 1.51 bits per heavy atom. The topological polar surface area (TPSA) is 279 Å². The van der Waals surface area contributed by atoms with E-state index >= 15 is 0 Å². The van der Waals surface area contributed by atoms with Crippen molar-refractivity contribution in [3.63, 3.8) is 0 Å². The van der Waals surface area contributed by atoms with E-state index in [1.807, 2.05) is 12.1 Å². The molecule has 0 saturated carbocycles. The Bertz CT molecular complexity index is 2590. The molecular formula is C54H72N2O19. The van der Waals surface area contributed by atoms with Crippen LogP contribution in [0.4, 0.5) is 0 Å². The van der Waals surface area contributed by atoms with Crippen LogP contribution in [0, 0.1) is 0 Å². The van der Waals surface area contributed by atoms with Crippen LogP contribution in [-0.2, 0) is 55.7 Å². The van der Waals surface area contributed by atoms with Gasteiger partial charge in [-0.15, -0.1) is 0 Å². The second kappa shape index (κ2) is 21.0. The number of ether oxygens (including phenoxy) is 9. The van der Waals surface area contributed by atoms with Crippen LogP contribution in [0.25, 0.3) is 0 Å². The van der Waals surface area contributed by atoms with Gasteiger partial charge in [0.25, 0.3) is 0 Å². The fourth-order valence-corrected chi connectivity index (χ4v) is 12.8. The molecule has 0 aromatic heterocycles. The van der Waals surface area contributed by atoms with Crippen molar-refractivity contribution in [1.82, 2.24) is 9.80 Å². The van der Waals surface area contributed by atoms with Crippen molar-refractivity contribution in [3.8, 4) is 23.0 Å². The number of aliphatic carboxylic acids is 1. The predicted molar refractivity (Wildman–Crippen MR) is 264 cm³/mol. The molecule has 4 unspecified atom stereocenters. The number of carbonyl (C=O) groups excluding carboxylic acids is 3. The van der Waals surface area contributed by atoms with Crippen LogP contribution in [0.2, 0.25) is 0 Å². The van der Waals surface area contributed by atoms with Crippen molar-refractivity contribution in [2.24, 2.45) is 0 Å². The van der Waals surface area contributed by atoms with E-state index in [0.29, 0.717) is 23.0 Å². The van der Waals surface area contributed by atoms with E-state index < -0.39 is 89.7 Å². The summed E-state index contributed by atoms with van der Waals surface area (Å²) < 4.78 is 48.7. The Kier molecular flexibility index (Phi) is 15.6. The summed E-state index contributed by atoms with van der Waals surface area (Å²) in [5.74, 6) is -0.386. The van der Waals surface area contributed by atoms with Crippen LogP contribution in [0.1, 0.15) is 113 Å². The molecule has 2 fully saturated rings. The Morgan fingerprint density at radius 1 is 0.627 bits per heavy atom. The van der Waals surface area contributed by atoms with E-state index in [9.17, 15) is 44.7 Å². The highest BCUT2D eigenvalue weighted by atomic mass is 16.7. The number of methoxy groups -OCH3 is 4. The molecule has 6 aliphatic heterocycles. The number of aliphatic hydroxyl groups excluding tert-OH is 1. The molecule has 21 nitrogen and oxygen atoms in total. The van der Waals surface area contributed by atoms with Crippen LogP contribution in [-0.4, -0.2) is 178 Å². The number of aliphatic hydroxyl groups is 5. The molecule has 6 heterocycles. The van der Waals surface area contributed by atoms with Crippen LogP contribution in [0.5, 0.6) is 23.0 Å². The van der Waals surface area contributed by atoms with Gasteiger partial charge in [0.2, 0.25) is 13.6 Å². The summed E-state index contributed by atoms with van der Waals surface area (Å²) in [6.45, 7) is 9.83. The molecule has 0 bridgehead atoms. The molecule has 6 N–H and O–H groups in total. The molecular weight excluding hydrogens is 981 g/mol. The molecule has 21 heteroatoms. The van der Waals surface area contributed by atoms with Crippen molar-refractivity contribution in [1.29, 1.82) is 0 Å². The van der Waals surface area contributed by atoms with E-state index in [1.54, 1.807) is 7.11 Å². The minimum atomic E-state index is -2.30. The van der Waals surface area contributed by atoms with Gasteiger partial charge in [-0.1, -0.05) is 0 Å². The first-order valence-corrected chi connectivity index (χ1v) is 25.4. The van der Waals surface area contributed by atoms with Crippen LogP contribution in [0.15, 0.2) is 47.9 Å². The average Bonchev–Trinajstić information content (AvgIpc) is 4.21. The molecule has 8 atom stereocenters. The van der Waals surface area contributed by atoms with Gasteiger partial charge < -0.3 is 73.3 Å². The van der Waals surface area contributed by atoms with Crippen molar-refractivity contribution in [3.05, 3.63) is 70.2 Å². The number of esters is 3. The smallest absolute Gasteiger partial charge is 0.339 e. The number of nitrogens with zero attached hydrogens (tertiary/aromatic N) is 2. The Morgan fingerprint density at radius 2 is 1.05 bits per heavy atom. The van der Waals surface area contributed by atoms with Crippen LogP contribution >= 0.6 is 0 Å². The fraction of sp³-hybridized carbons (Fsp3) is 0.630. The highest BCUT2D eigenvalue weighted by molar-refractivity contribution is 5.86. The maximum Gasteiger partial charge on any atom is 0.339 e. The Hall–Kier alpha value is -5.68. The first kappa shape index (κ1) is 55.5. The minimum absolute atomic E-state index is 0.00644. The third-order valence-corrected chi connectivity index (χ3v) is 15.7. The highest BCUT2D eigenvalue weighted by Gasteiger charge is 2.60. The van der Waals surface area contributed by atoms with Gasteiger partial charge in [-0.3, -0.25) is 19.4 Å². The van der Waals surface area contributed by atoms with Crippen molar-refractivity contribution >= 4 is 23.9 Å². The zero-order valence-corrected chi connectivity index (χ0v) is 44.0. The van der Waals surface area contributed by atoms with Crippen molar-refractivity contribution in [2.45, 2.75) is 149 Å². The third kappa shape index (κ3) is 10.9. The molecule has 0 radical (unpaired) electrons. The standard InChI is InChI=1S/C27H35NO9.C18H21NO4.C9H16O6/c1-25(2,31)14-27(32,13-21(29)34-4)24(30)37-23-20(33-3)12-26-7-5-8-28(26)9-6-16-10-18-19(36-15-35-18)11-17(16)22(23)26;1-21-15-9-18-4-2-5-19(18)6-3-11-7-13-14(23-10-22-13)8-12(11)16(18)17(15)20;1-8(2,13)5-9(14,7(11)12)4-6(10)15-3/h10-12,22-23,31-32H,5-9,13-15H2,1-4H3;7-9,16-17,20H,2-6,10H2,1H3;13-14H,4-5H2,1-3H3,(H,11,12)/t22-,23?,26+,27?;16-,17?,18+;/m11./s1. The number of hydrogen-bond donors (Lipinski definition) is 6. The van der Waals surface area contributed by atoms with E-state index in [0.717, 1.165) is 94.4 Å². The number of rotatable bonds is 13. The SMILES string of the molecule is COC(=O)CC(O)(CC(C)(C)O)C(=O)O.COC(=O)CC(O)(CC(C)(C)O)C(=O)OC1C(OC)=C[C@]23CCCN2CCc2cc4c(cc2[C@H]13)OCO4.COC1=C[C@]23CCCN2CCc2cc4c(cc2[C@@H]3C1O)OCO4. The zero-order chi connectivity index (χ0) is 54.5. The quantitative estimate of drug-likeness (QED) is 0.124. The van der Waals surface area contributed by atoms with Gasteiger partial charge in [0.15, 0.2) is 40.3 Å². The summed E-state index contributed by atoms with van der Waals surface area (Å²) in [5.41, 5.74) is -3.48. The van der Waals surface area contributed by atoms with Crippen molar-refractivity contribution < 1.29 is 92.4 Å². The lowest BCUT2D eigenvalue weighted by atomic mass is 9.77. The van der Waals surface area contributed by atoms with E-state index in [4.69, 9.17) is 43.0 Å². The average molecular weight is 1050 g/mol. The summed E-state index contributed by atoms with van der Waals surface area (Å²) >= 11 is 0. The normalized spacial score (nSPS) is 27.4. The predicted octanol–water partition coefficient (Wildman–Crippen LogP) is 3.12. The van der Waals surface area contributed by atoms with E-state index in [-0.39, 0.29) is 31.0 Å². The molecule has 412 valence electrons. The van der Waals surface area contributed by atoms with Gasteiger partial charge in [-0.25, -0.2) is 9.59 Å². The maximum absolute atomic E-state index is 13.6. The van der Waals surface area contributed by atoms with Gasteiger partial charge in [-0.2, -0.15) is 0 Å². The zero-order valence-electron chi connectivity index (χ0n) is 44.0. The fourth-order valence-electron chi connectivity index (χ4n) is 12.8. The lowest BCUT2D eigenvalue weighted by molar-refractivity contribution is -0.183. The van der Waals surface area contributed by atoms with Crippen LogP contribution < -0.4 is 18.9 Å². The molecule has 8 aliphatic rings. The van der Waals surface area contributed by atoms with E-state index in [2.05, 4.69) is 38.8 Å². The highest BCUT2D eigenvalue weighted by Crippen LogP contribution is 2.57. The van der Waals surface area contributed by atoms with Gasteiger partial charge in [0.05, 0.1) is 69.5 Å². The number of carbonyl (C=O) groups is 4. The number of carboxylic acid groups (broad SMARTS) is 1. The molecule has 2 spiro atoms.